The van der Waals surface area contributed by atoms with Gasteiger partial charge in [-0.25, -0.2) is 9.38 Å². The van der Waals surface area contributed by atoms with Crippen molar-refractivity contribution >= 4 is 5.96 Å². The van der Waals surface area contributed by atoms with Crippen LogP contribution in [0, 0.1) is 11.2 Å². The molecule has 1 aliphatic rings. The van der Waals surface area contributed by atoms with Crippen LogP contribution in [-0.2, 0) is 17.5 Å². The summed E-state index contributed by atoms with van der Waals surface area (Å²) in [5, 5.41) is 15.4. The van der Waals surface area contributed by atoms with Crippen LogP contribution in [0.2, 0.25) is 0 Å². The Morgan fingerprint density at radius 1 is 1.33 bits per heavy atom. The molecule has 0 radical (unpaired) electrons. The summed E-state index contributed by atoms with van der Waals surface area (Å²) < 4.78 is 58.0. The van der Waals surface area contributed by atoms with E-state index in [1.54, 1.807) is 0 Å². The van der Waals surface area contributed by atoms with Gasteiger partial charge in [-0.2, -0.15) is 13.2 Å². The Kier molecular flexibility index (Phi) is 7.43. The monoisotopic (exact) mass is 391 g/mol. The molecule has 1 saturated heterocycles. The highest BCUT2D eigenvalue weighted by Gasteiger charge is 2.35. The zero-order valence-corrected chi connectivity index (χ0v) is 15.2. The molecule has 0 bridgehead atoms. The summed E-state index contributed by atoms with van der Waals surface area (Å²) in [5.41, 5.74) is -1.35. The third-order valence-electron chi connectivity index (χ3n) is 4.59. The summed E-state index contributed by atoms with van der Waals surface area (Å²) >= 11 is 0. The standard InChI is InChI=1S/C18H25F4N3O2/c1-2-23-16(25-11-17(5-7-26)6-8-27-12-17)24-10-13-3-4-14(19)9-15(13)18(20,21)22/h3-4,9,26H,2,5-8,10-12H2,1H3,(H2,23,24,25). The first-order valence-electron chi connectivity index (χ1n) is 8.86. The van der Waals surface area contributed by atoms with Crippen LogP contribution in [0.5, 0.6) is 0 Å². The van der Waals surface area contributed by atoms with Gasteiger partial charge in [0.05, 0.1) is 18.7 Å². The van der Waals surface area contributed by atoms with Crippen molar-refractivity contribution in [2.75, 3.05) is 32.9 Å². The number of halogens is 4. The van der Waals surface area contributed by atoms with E-state index in [0.29, 0.717) is 44.8 Å². The van der Waals surface area contributed by atoms with Crippen LogP contribution in [0.25, 0.3) is 0 Å². The fraction of sp³-hybridized carbons (Fsp3) is 0.611. The second kappa shape index (κ2) is 9.36. The fourth-order valence-electron chi connectivity index (χ4n) is 3.04. The van der Waals surface area contributed by atoms with E-state index in [9.17, 15) is 22.7 Å². The van der Waals surface area contributed by atoms with Crippen molar-refractivity contribution in [2.45, 2.75) is 32.5 Å². The van der Waals surface area contributed by atoms with E-state index >= 15 is 0 Å². The summed E-state index contributed by atoms with van der Waals surface area (Å²) in [6, 6.07) is 2.58. The molecule has 1 aliphatic heterocycles. The van der Waals surface area contributed by atoms with E-state index in [1.165, 1.54) is 0 Å². The molecule has 0 aliphatic carbocycles. The highest BCUT2D eigenvalue weighted by molar-refractivity contribution is 5.79. The average Bonchev–Trinajstić information content (AvgIpc) is 3.06. The molecule has 1 heterocycles. The summed E-state index contributed by atoms with van der Waals surface area (Å²) in [5.74, 6) is -0.577. The van der Waals surface area contributed by atoms with Gasteiger partial charge < -0.3 is 20.5 Å². The molecule has 1 aromatic rings. The normalized spacial score (nSPS) is 20.7. The van der Waals surface area contributed by atoms with E-state index in [2.05, 4.69) is 15.6 Å². The zero-order valence-electron chi connectivity index (χ0n) is 15.2. The molecule has 0 amide bonds. The maximum atomic E-state index is 13.2. The lowest BCUT2D eigenvalue weighted by molar-refractivity contribution is -0.138. The molecule has 0 aromatic heterocycles. The SMILES string of the molecule is CCNC(=NCc1ccc(F)cc1C(F)(F)F)NCC1(CCO)CCOC1. The van der Waals surface area contributed by atoms with Crippen molar-refractivity contribution in [2.24, 2.45) is 10.4 Å². The van der Waals surface area contributed by atoms with Gasteiger partial charge in [-0.05, 0) is 37.5 Å². The number of rotatable bonds is 7. The molecular weight excluding hydrogens is 366 g/mol. The molecule has 152 valence electrons. The Bertz CT molecular complexity index is 644. The van der Waals surface area contributed by atoms with Crippen molar-refractivity contribution in [1.82, 2.24) is 10.6 Å². The Labute approximate surface area is 155 Å². The number of ether oxygens (including phenoxy) is 1. The molecule has 3 N–H and O–H groups in total. The lowest BCUT2D eigenvalue weighted by atomic mass is 9.84. The van der Waals surface area contributed by atoms with Crippen LogP contribution in [0.1, 0.15) is 30.9 Å². The third-order valence-corrected chi connectivity index (χ3v) is 4.59. The lowest BCUT2D eigenvalue weighted by Crippen LogP contribution is -2.44. The van der Waals surface area contributed by atoms with E-state index in [0.717, 1.165) is 18.6 Å². The van der Waals surface area contributed by atoms with E-state index in [1.807, 2.05) is 6.92 Å². The number of nitrogens with zero attached hydrogens (tertiary/aromatic N) is 1. The molecule has 2 rings (SSSR count). The Morgan fingerprint density at radius 3 is 2.70 bits per heavy atom. The van der Waals surface area contributed by atoms with Crippen molar-refractivity contribution in [3.63, 3.8) is 0 Å². The van der Waals surface area contributed by atoms with Gasteiger partial charge in [-0.3, -0.25) is 0 Å². The van der Waals surface area contributed by atoms with Gasteiger partial charge in [-0.15, -0.1) is 0 Å². The lowest BCUT2D eigenvalue weighted by Gasteiger charge is -2.27. The highest BCUT2D eigenvalue weighted by atomic mass is 19.4. The average molecular weight is 391 g/mol. The number of guanidine groups is 1. The number of alkyl halides is 3. The zero-order chi connectivity index (χ0) is 19.9. The van der Waals surface area contributed by atoms with Gasteiger partial charge >= 0.3 is 6.18 Å². The van der Waals surface area contributed by atoms with Crippen LogP contribution < -0.4 is 10.6 Å². The molecule has 1 atom stereocenters. The number of benzene rings is 1. The maximum Gasteiger partial charge on any atom is 0.416 e. The van der Waals surface area contributed by atoms with Gasteiger partial charge in [0.2, 0.25) is 0 Å². The minimum absolute atomic E-state index is 0.0310. The number of aliphatic hydroxyl groups excluding tert-OH is 1. The first-order chi connectivity index (χ1) is 12.8. The first-order valence-corrected chi connectivity index (χ1v) is 8.86. The van der Waals surface area contributed by atoms with Gasteiger partial charge in [0, 0.05) is 31.7 Å². The first kappa shape index (κ1) is 21.4. The summed E-state index contributed by atoms with van der Waals surface area (Å²) in [6.07, 6.45) is -3.29. The molecule has 1 fully saturated rings. The number of hydrogen-bond donors (Lipinski definition) is 3. The second-order valence-electron chi connectivity index (χ2n) is 6.62. The van der Waals surface area contributed by atoms with Crippen LogP contribution in [0.15, 0.2) is 23.2 Å². The van der Waals surface area contributed by atoms with Crippen molar-refractivity contribution in [1.29, 1.82) is 0 Å². The molecule has 27 heavy (non-hydrogen) atoms. The van der Waals surface area contributed by atoms with Crippen molar-refractivity contribution < 1.29 is 27.4 Å². The van der Waals surface area contributed by atoms with Gasteiger partial charge in [0.15, 0.2) is 5.96 Å². The van der Waals surface area contributed by atoms with Crippen LogP contribution >= 0.6 is 0 Å². The quantitative estimate of drug-likeness (QED) is 0.380. The fourth-order valence-corrected chi connectivity index (χ4v) is 3.04. The summed E-state index contributed by atoms with van der Waals surface area (Å²) in [6.45, 7) is 3.77. The molecule has 0 spiro atoms. The topological polar surface area (TPSA) is 65.9 Å². The molecule has 0 saturated carbocycles. The van der Waals surface area contributed by atoms with Crippen LogP contribution in [-0.4, -0.2) is 44.0 Å². The largest absolute Gasteiger partial charge is 0.416 e. The molecule has 5 nitrogen and oxygen atoms in total. The Balaban J connectivity index is 2.12. The molecular formula is C18H25F4N3O2. The minimum Gasteiger partial charge on any atom is -0.396 e. The van der Waals surface area contributed by atoms with Crippen LogP contribution in [0.3, 0.4) is 0 Å². The Hall–Kier alpha value is -1.87. The van der Waals surface area contributed by atoms with Gasteiger partial charge in [0.1, 0.15) is 5.82 Å². The van der Waals surface area contributed by atoms with Gasteiger partial charge in [-0.1, -0.05) is 6.07 Å². The number of nitrogens with one attached hydrogen (secondary N) is 2. The van der Waals surface area contributed by atoms with Crippen molar-refractivity contribution in [3.8, 4) is 0 Å². The second-order valence-corrected chi connectivity index (χ2v) is 6.62. The number of aliphatic hydroxyl groups is 1. The number of aliphatic imine (C=N–C) groups is 1. The molecule has 1 aromatic carbocycles. The van der Waals surface area contributed by atoms with Gasteiger partial charge in [0.25, 0.3) is 0 Å². The third kappa shape index (κ3) is 6.07. The van der Waals surface area contributed by atoms with Crippen molar-refractivity contribution in [3.05, 3.63) is 35.1 Å². The van der Waals surface area contributed by atoms with E-state index in [4.69, 9.17) is 4.74 Å². The predicted octanol–water partition coefficient (Wildman–Crippen LogP) is 2.69. The highest BCUT2D eigenvalue weighted by Crippen LogP contribution is 2.33. The maximum absolute atomic E-state index is 13.2. The molecule has 1 unspecified atom stereocenters. The van der Waals surface area contributed by atoms with Crippen LogP contribution in [0.4, 0.5) is 17.6 Å². The smallest absolute Gasteiger partial charge is 0.396 e. The summed E-state index contributed by atoms with van der Waals surface area (Å²) in [4.78, 5) is 4.21. The van der Waals surface area contributed by atoms with E-state index in [-0.39, 0.29) is 24.1 Å². The predicted molar refractivity (Wildman–Crippen MR) is 93.8 cm³/mol. The summed E-state index contributed by atoms with van der Waals surface area (Å²) in [7, 11) is 0. The van der Waals surface area contributed by atoms with E-state index < -0.39 is 17.6 Å². The number of hydrogen-bond acceptors (Lipinski definition) is 3. The molecule has 9 heteroatoms. The Morgan fingerprint density at radius 2 is 2.11 bits per heavy atom. The minimum atomic E-state index is -4.65.